The molecule has 0 spiro atoms. The molecule has 5 nitrogen and oxygen atoms in total. The van der Waals surface area contributed by atoms with Gasteiger partial charge in [0, 0.05) is 31.8 Å². The predicted octanol–water partition coefficient (Wildman–Crippen LogP) is 2.70. The number of carboxylic acid groups (broad SMARTS) is 1. The normalized spacial score (nSPS) is 21.0. The van der Waals surface area contributed by atoms with E-state index in [9.17, 15) is 18.3 Å². The summed E-state index contributed by atoms with van der Waals surface area (Å²) in [6.45, 7) is 3.79. The number of aryl methyl sites for hydroxylation is 1. The molecule has 2 aromatic rings. The fourth-order valence-electron chi connectivity index (χ4n) is 3.68. The lowest BCUT2D eigenvalue weighted by molar-refractivity contribution is -0.141. The molecular formula is C20H23NO4S. The second kappa shape index (κ2) is 7.21. The molecule has 0 aliphatic carbocycles. The smallest absolute Gasteiger partial charge is 0.308 e. The van der Waals surface area contributed by atoms with Crippen LogP contribution in [0.25, 0.3) is 0 Å². The van der Waals surface area contributed by atoms with Gasteiger partial charge in [-0.3, -0.25) is 9.69 Å². The summed E-state index contributed by atoms with van der Waals surface area (Å²) in [5, 5.41) is 9.65. The van der Waals surface area contributed by atoms with E-state index in [1.807, 2.05) is 31.2 Å². The average Bonchev–Trinajstić information content (AvgIpc) is 2.99. The van der Waals surface area contributed by atoms with Crippen LogP contribution in [-0.2, 0) is 21.2 Å². The van der Waals surface area contributed by atoms with Crippen molar-refractivity contribution < 1.29 is 18.3 Å². The molecule has 0 radical (unpaired) electrons. The third-order valence-corrected chi connectivity index (χ3v) is 6.19. The number of sulfone groups is 1. The van der Waals surface area contributed by atoms with Gasteiger partial charge in [-0.25, -0.2) is 8.42 Å². The molecule has 1 saturated heterocycles. The standard InChI is InChI=1S/C20H23NO4S/c1-14-5-3-4-6-17(14)18-12-21(13-19(18)20(22)23)11-15-7-9-16(10-8-15)26(2,24)25/h3-10,18-19H,11-13H2,1-2H3,(H,22,23)/t18-,19+/m0/s1. The first-order valence-electron chi connectivity index (χ1n) is 8.55. The van der Waals surface area contributed by atoms with Crippen molar-refractivity contribution in [2.75, 3.05) is 19.3 Å². The lowest BCUT2D eigenvalue weighted by Crippen LogP contribution is -2.23. The van der Waals surface area contributed by atoms with E-state index in [2.05, 4.69) is 4.90 Å². The Labute approximate surface area is 154 Å². The van der Waals surface area contributed by atoms with Gasteiger partial charge in [-0.1, -0.05) is 36.4 Å². The lowest BCUT2D eigenvalue weighted by Gasteiger charge is -2.18. The highest BCUT2D eigenvalue weighted by Gasteiger charge is 2.38. The minimum Gasteiger partial charge on any atom is -0.481 e. The van der Waals surface area contributed by atoms with Crippen LogP contribution < -0.4 is 0 Å². The molecule has 0 unspecified atom stereocenters. The fourth-order valence-corrected chi connectivity index (χ4v) is 4.31. The van der Waals surface area contributed by atoms with Crippen LogP contribution in [-0.4, -0.2) is 43.7 Å². The van der Waals surface area contributed by atoms with E-state index >= 15 is 0 Å². The highest BCUT2D eigenvalue weighted by molar-refractivity contribution is 7.90. The number of carboxylic acids is 1. The number of benzene rings is 2. The van der Waals surface area contributed by atoms with Crippen LogP contribution in [0.3, 0.4) is 0 Å². The number of nitrogens with zero attached hydrogens (tertiary/aromatic N) is 1. The summed E-state index contributed by atoms with van der Waals surface area (Å²) >= 11 is 0. The number of rotatable bonds is 5. The molecule has 138 valence electrons. The lowest BCUT2D eigenvalue weighted by atomic mass is 9.86. The number of aliphatic carboxylic acids is 1. The molecule has 2 aromatic carbocycles. The molecule has 1 N–H and O–H groups in total. The first kappa shape index (κ1) is 18.6. The van der Waals surface area contributed by atoms with Crippen LogP contribution in [0.2, 0.25) is 0 Å². The second-order valence-electron chi connectivity index (χ2n) is 7.02. The molecule has 3 rings (SSSR count). The first-order valence-corrected chi connectivity index (χ1v) is 10.4. The Bertz CT molecular complexity index is 906. The fraction of sp³-hybridized carbons (Fsp3) is 0.350. The molecule has 0 bridgehead atoms. The quantitative estimate of drug-likeness (QED) is 0.872. The zero-order chi connectivity index (χ0) is 18.9. The number of likely N-dealkylation sites (tertiary alicyclic amines) is 1. The van der Waals surface area contributed by atoms with Crippen LogP contribution in [0.4, 0.5) is 0 Å². The second-order valence-corrected chi connectivity index (χ2v) is 9.03. The van der Waals surface area contributed by atoms with E-state index in [1.165, 1.54) is 6.26 Å². The van der Waals surface area contributed by atoms with Crippen molar-refractivity contribution in [3.8, 4) is 0 Å². The Hall–Kier alpha value is -2.18. The Morgan fingerprint density at radius 1 is 1.12 bits per heavy atom. The molecule has 0 aromatic heterocycles. The molecule has 1 aliphatic rings. The van der Waals surface area contributed by atoms with E-state index in [-0.39, 0.29) is 5.92 Å². The Morgan fingerprint density at radius 2 is 1.77 bits per heavy atom. The third-order valence-electron chi connectivity index (χ3n) is 5.06. The third kappa shape index (κ3) is 3.97. The van der Waals surface area contributed by atoms with Crippen LogP contribution in [0.5, 0.6) is 0 Å². The van der Waals surface area contributed by atoms with E-state index in [0.29, 0.717) is 24.5 Å². The van der Waals surface area contributed by atoms with Gasteiger partial charge >= 0.3 is 5.97 Å². The van der Waals surface area contributed by atoms with Crippen molar-refractivity contribution >= 4 is 15.8 Å². The summed E-state index contributed by atoms with van der Waals surface area (Å²) in [7, 11) is -3.21. The van der Waals surface area contributed by atoms with Gasteiger partial charge < -0.3 is 5.11 Å². The Morgan fingerprint density at radius 3 is 2.35 bits per heavy atom. The molecule has 1 aliphatic heterocycles. The molecule has 2 atom stereocenters. The van der Waals surface area contributed by atoms with Gasteiger partial charge in [0.15, 0.2) is 9.84 Å². The summed E-state index contributed by atoms with van der Waals surface area (Å²) < 4.78 is 23.1. The molecule has 0 saturated carbocycles. The van der Waals surface area contributed by atoms with Crippen LogP contribution in [0, 0.1) is 12.8 Å². The van der Waals surface area contributed by atoms with E-state index in [1.54, 1.807) is 24.3 Å². The highest BCUT2D eigenvalue weighted by Crippen LogP contribution is 2.35. The van der Waals surface area contributed by atoms with Crippen molar-refractivity contribution in [2.24, 2.45) is 5.92 Å². The topological polar surface area (TPSA) is 74.7 Å². The van der Waals surface area contributed by atoms with E-state index in [4.69, 9.17) is 0 Å². The van der Waals surface area contributed by atoms with Gasteiger partial charge in [0.1, 0.15) is 0 Å². The van der Waals surface area contributed by atoms with Gasteiger partial charge in [-0.2, -0.15) is 0 Å². The van der Waals surface area contributed by atoms with Gasteiger partial charge in [0.25, 0.3) is 0 Å². The number of hydrogen-bond acceptors (Lipinski definition) is 4. The van der Waals surface area contributed by atoms with Crippen LogP contribution in [0.1, 0.15) is 22.6 Å². The minimum atomic E-state index is -3.21. The summed E-state index contributed by atoms with van der Waals surface area (Å²) in [6, 6.07) is 14.8. The monoisotopic (exact) mass is 373 g/mol. The number of carbonyl (C=O) groups is 1. The van der Waals surface area contributed by atoms with Crippen LogP contribution >= 0.6 is 0 Å². The van der Waals surface area contributed by atoms with Gasteiger partial charge in [-0.15, -0.1) is 0 Å². The van der Waals surface area contributed by atoms with Crippen molar-refractivity contribution in [1.82, 2.24) is 4.90 Å². The maximum absolute atomic E-state index is 11.8. The zero-order valence-electron chi connectivity index (χ0n) is 14.9. The summed E-state index contributed by atoms with van der Waals surface area (Å²) in [4.78, 5) is 14.2. The summed E-state index contributed by atoms with van der Waals surface area (Å²) in [5.74, 6) is -1.25. The Kier molecular flexibility index (Phi) is 5.16. The Balaban J connectivity index is 1.78. The summed E-state index contributed by atoms with van der Waals surface area (Å²) in [6.07, 6.45) is 1.19. The largest absolute Gasteiger partial charge is 0.481 e. The van der Waals surface area contributed by atoms with Gasteiger partial charge in [0.05, 0.1) is 10.8 Å². The average molecular weight is 373 g/mol. The van der Waals surface area contributed by atoms with E-state index in [0.717, 1.165) is 16.7 Å². The maximum Gasteiger partial charge on any atom is 0.308 e. The van der Waals surface area contributed by atoms with Crippen molar-refractivity contribution in [1.29, 1.82) is 0 Å². The number of hydrogen-bond donors (Lipinski definition) is 1. The first-order chi connectivity index (χ1) is 12.3. The summed E-state index contributed by atoms with van der Waals surface area (Å²) in [5.41, 5.74) is 3.19. The minimum absolute atomic E-state index is 0.0380. The van der Waals surface area contributed by atoms with E-state index < -0.39 is 21.7 Å². The molecule has 1 heterocycles. The van der Waals surface area contributed by atoms with Crippen molar-refractivity contribution in [2.45, 2.75) is 24.3 Å². The van der Waals surface area contributed by atoms with Crippen LogP contribution in [0.15, 0.2) is 53.4 Å². The molecule has 6 heteroatoms. The SMILES string of the molecule is Cc1ccccc1[C@@H]1CN(Cc2ccc(S(C)(=O)=O)cc2)C[C@H]1C(=O)O. The van der Waals surface area contributed by atoms with Gasteiger partial charge in [-0.05, 0) is 35.7 Å². The molecule has 0 amide bonds. The molecular weight excluding hydrogens is 350 g/mol. The highest BCUT2D eigenvalue weighted by atomic mass is 32.2. The zero-order valence-corrected chi connectivity index (χ0v) is 15.7. The van der Waals surface area contributed by atoms with Gasteiger partial charge in [0.2, 0.25) is 0 Å². The molecule has 26 heavy (non-hydrogen) atoms. The van der Waals surface area contributed by atoms with Crippen molar-refractivity contribution in [3.63, 3.8) is 0 Å². The van der Waals surface area contributed by atoms with Crippen molar-refractivity contribution in [3.05, 3.63) is 65.2 Å². The maximum atomic E-state index is 11.8. The molecule has 1 fully saturated rings. The predicted molar refractivity (Wildman–Crippen MR) is 99.9 cm³/mol.